The minimum Gasteiger partial charge on any atom is -0.493 e. The Morgan fingerprint density at radius 2 is 1.12 bits per heavy atom. The molecule has 2 amide bonds. The summed E-state index contributed by atoms with van der Waals surface area (Å²) >= 11 is 0. The standard InChI is InChI=1S/C32H36N2O8/c1-37-25-17-23(18-26(38-2)30(25)41-5)22-9-7-8-21(16-22)10-11-29(35)33-12-14-34(15-13-33)32(36)24-19-27(39-3)31(42-6)28(20-24)40-4/h7-11,16-20H,12-15H2,1-6H3/b11-10-. The van der Waals surface area contributed by atoms with E-state index in [0.717, 1.165) is 16.7 Å². The molecule has 222 valence electrons. The molecule has 1 saturated heterocycles. The molecule has 0 atom stereocenters. The van der Waals surface area contributed by atoms with E-state index >= 15 is 0 Å². The Morgan fingerprint density at radius 3 is 1.62 bits per heavy atom. The number of amides is 2. The molecule has 1 aliphatic heterocycles. The lowest BCUT2D eigenvalue weighted by molar-refractivity contribution is -0.127. The van der Waals surface area contributed by atoms with Crippen molar-refractivity contribution in [1.29, 1.82) is 0 Å². The maximum Gasteiger partial charge on any atom is 0.254 e. The number of carbonyl (C=O) groups excluding carboxylic acids is 2. The maximum atomic E-state index is 13.2. The number of nitrogens with zero attached hydrogens (tertiary/aromatic N) is 2. The average Bonchev–Trinajstić information content (AvgIpc) is 3.05. The summed E-state index contributed by atoms with van der Waals surface area (Å²) in [6.45, 7) is 1.66. The van der Waals surface area contributed by atoms with E-state index < -0.39 is 0 Å². The normalized spacial score (nSPS) is 13.1. The smallest absolute Gasteiger partial charge is 0.254 e. The second-order valence-corrected chi connectivity index (χ2v) is 9.40. The fraction of sp³-hybridized carbons (Fsp3) is 0.312. The molecule has 0 aromatic heterocycles. The van der Waals surface area contributed by atoms with Gasteiger partial charge in [0, 0.05) is 37.8 Å². The second-order valence-electron chi connectivity index (χ2n) is 9.40. The summed E-state index contributed by atoms with van der Waals surface area (Å²) in [4.78, 5) is 29.7. The van der Waals surface area contributed by atoms with Crippen LogP contribution in [0.25, 0.3) is 17.2 Å². The molecule has 1 fully saturated rings. The van der Waals surface area contributed by atoms with Crippen molar-refractivity contribution in [2.45, 2.75) is 0 Å². The van der Waals surface area contributed by atoms with E-state index in [2.05, 4.69) is 0 Å². The van der Waals surface area contributed by atoms with E-state index in [4.69, 9.17) is 28.4 Å². The van der Waals surface area contributed by atoms with E-state index in [1.807, 2.05) is 36.4 Å². The van der Waals surface area contributed by atoms with Crippen LogP contribution in [0.3, 0.4) is 0 Å². The minimum absolute atomic E-state index is 0.118. The SMILES string of the molecule is COc1cc(C(=O)N2CCN(C(=O)/C=C\c3cccc(-c4cc(OC)c(OC)c(OC)c4)c3)CC2)cc(OC)c1OC. The quantitative estimate of drug-likeness (QED) is 0.328. The first kappa shape index (κ1) is 30.1. The lowest BCUT2D eigenvalue weighted by Crippen LogP contribution is -2.50. The van der Waals surface area contributed by atoms with Gasteiger partial charge in [0.1, 0.15) is 0 Å². The first-order valence-corrected chi connectivity index (χ1v) is 13.3. The molecule has 0 unspecified atom stereocenters. The van der Waals surface area contributed by atoms with Crippen LogP contribution in [0, 0.1) is 0 Å². The predicted molar refractivity (Wildman–Crippen MR) is 159 cm³/mol. The van der Waals surface area contributed by atoms with Gasteiger partial charge in [0.05, 0.1) is 42.7 Å². The van der Waals surface area contributed by atoms with Crippen LogP contribution in [0.2, 0.25) is 0 Å². The highest BCUT2D eigenvalue weighted by molar-refractivity contribution is 5.96. The van der Waals surface area contributed by atoms with Gasteiger partial charge in [-0.05, 0) is 53.1 Å². The van der Waals surface area contributed by atoms with Crippen molar-refractivity contribution in [3.8, 4) is 45.6 Å². The molecular formula is C32H36N2O8. The first-order valence-electron chi connectivity index (χ1n) is 13.3. The van der Waals surface area contributed by atoms with Gasteiger partial charge in [-0.15, -0.1) is 0 Å². The number of piperazine rings is 1. The summed E-state index contributed by atoms with van der Waals surface area (Å²) in [5, 5.41) is 0. The Hall–Kier alpha value is -4.86. The van der Waals surface area contributed by atoms with Crippen LogP contribution in [-0.2, 0) is 4.79 Å². The van der Waals surface area contributed by atoms with Gasteiger partial charge >= 0.3 is 0 Å². The van der Waals surface area contributed by atoms with Crippen LogP contribution >= 0.6 is 0 Å². The van der Waals surface area contributed by atoms with E-state index in [0.29, 0.717) is 66.2 Å². The summed E-state index contributed by atoms with van der Waals surface area (Å²) in [7, 11) is 9.25. The molecule has 0 bridgehead atoms. The summed E-state index contributed by atoms with van der Waals surface area (Å²) in [6.07, 6.45) is 3.35. The molecule has 1 heterocycles. The lowest BCUT2D eigenvalue weighted by atomic mass is 10.0. The molecular weight excluding hydrogens is 540 g/mol. The largest absolute Gasteiger partial charge is 0.493 e. The third kappa shape index (κ3) is 6.38. The summed E-state index contributed by atoms with van der Waals surface area (Å²) < 4.78 is 32.5. The summed E-state index contributed by atoms with van der Waals surface area (Å²) in [6, 6.07) is 14.9. The highest BCUT2D eigenvalue weighted by atomic mass is 16.5. The molecule has 4 rings (SSSR count). The highest BCUT2D eigenvalue weighted by Crippen LogP contribution is 2.41. The molecule has 0 saturated carbocycles. The molecule has 0 spiro atoms. The van der Waals surface area contributed by atoms with Gasteiger partial charge < -0.3 is 38.2 Å². The number of benzene rings is 3. The maximum absolute atomic E-state index is 13.2. The van der Waals surface area contributed by atoms with Crippen LogP contribution in [0.15, 0.2) is 54.6 Å². The average molecular weight is 577 g/mol. The highest BCUT2D eigenvalue weighted by Gasteiger charge is 2.26. The molecule has 10 nitrogen and oxygen atoms in total. The Bertz CT molecular complexity index is 1410. The van der Waals surface area contributed by atoms with Crippen molar-refractivity contribution in [2.75, 3.05) is 68.8 Å². The Labute approximate surface area is 245 Å². The van der Waals surface area contributed by atoms with E-state index in [1.54, 1.807) is 55.4 Å². The van der Waals surface area contributed by atoms with Crippen molar-refractivity contribution in [3.05, 3.63) is 65.7 Å². The van der Waals surface area contributed by atoms with Gasteiger partial charge in [0.25, 0.3) is 5.91 Å². The van der Waals surface area contributed by atoms with Crippen LogP contribution in [0.1, 0.15) is 15.9 Å². The van der Waals surface area contributed by atoms with Gasteiger partial charge in [0.15, 0.2) is 23.0 Å². The predicted octanol–water partition coefficient (Wildman–Crippen LogP) is 4.40. The number of hydrogen-bond acceptors (Lipinski definition) is 8. The molecule has 1 aliphatic rings. The van der Waals surface area contributed by atoms with E-state index in [9.17, 15) is 9.59 Å². The van der Waals surface area contributed by atoms with Crippen LogP contribution in [0.4, 0.5) is 0 Å². The zero-order valence-electron chi connectivity index (χ0n) is 24.8. The van der Waals surface area contributed by atoms with Gasteiger partial charge in [-0.25, -0.2) is 0 Å². The number of methoxy groups -OCH3 is 6. The molecule has 0 N–H and O–H groups in total. The van der Waals surface area contributed by atoms with Crippen LogP contribution in [-0.4, -0.2) is 90.5 Å². The van der Waals surface area contributed by atoms with Crippen LogP contribution in [0.5, 0.6) is 34.5 Å². The molecule has 0 aliphatic carbocycles. The van der Waals surface area contributed by atoms with E-state index in [-0.39, 0.29) is 11.8 Å². The molecule has 0 radical (unpaired) electrons. The first-order chi connectivity index (χ1) is 20.4. The topological polar surface area (TPSA) is 96.0 Å². The van der Waals surface area contributed by atoms with Crippen LogP contribution < -0.4 is 28.4 Å². The zero-order valence-corrected chi connectivity index (χ0v) is 24.8. The van der Waals surface area contributed by atoms with Crippen molar-refractivity contribution < 1.29 is 38.0 Å². The number of hydrogen-bond donors (Lipinski definition) is 0. The minimum atomic E-state index is -0.166. The van der Waals surface area contributed by atoms with Crippen molar-refractivity contribution in [1.82, 2.24) is 9.80 Å². The van der Waals surface area contributed by atoms with Gasteiger partial charge in [0.2, 0.25) is 17.4 Å². The van der Waals surface area contributed by atoms with E-state index in [1.165, 1.54) is 21.3 Å². The second kappa shape index (κ2) is 13.7. The summed E-state index contributed by atoms with van der Waals surface area (Å²) in [5.41, 5.74) is 3.11. The number of rotatable bonds is 10. The monoisotopic (exact) mass is 576 g/mol. The van der Waals surface area contributed by atoms with Crippen molar-refractivity contribution in [2.24, 2.45) is 0 Å². The lowest BCUT2D eigenvalue weighted by Gasteiger charge is -2.34. The number of carbonyl (C=O) groups is 2. The Morgan fingerprint density at radius 1 is 0.619 bits per heavy atom. The van der Waals surface area contributed by atoms with Gasteiger partial charge in [-0.3, -0.25) is 9.59 Å². The molecule has 42 heavy (non-hydrogen) atoms. The molecule has 3 aromatic rings. The fourth-order valence-electron chi connectivity index (χ4n) is 4.86. The Balaban J connectivity index is 1.42. The van der Waals surface area contributed by atoms with Crippen molar-refractivity contribution >= 4 is 17.9 Å². The zero-order chi connectivity index (χ0) is 30.2. The third-order valence-corrected chi connectivity index (χ3v) is 7.09. The summed E-state index contributed by atoms with van der Waals surface area (Å²) in [5.74, 6) is 2.61. The third-order valence-electron chi connectivity index (χ3n) is 7.09. The number of ether oxygens (including phenoxy) is 6. The van der Waals surface area contributed by atoms with Crippen molar-refractivity contribution in [3.63, 3.8) is 0 Å². The molecule has 3 aromatic carbocycles. The Kier molecular flexibility index (Phi) is 9.80. The van der Waals surface area contributed by atoms with Gasteiger partial charge in [-0.1, -0.05) is 18.2 Å². The fourth-order valence-corrected chi connectivity index (χ4v) is 4.86. The van der Waals surface area contributed by atoms with Gasteiger partial charge in [-0.2, -0.15) is 0 Å². The molecule has 10 heteroatoms.